The molecule has 8 nitrogen and oxygen atoms in total. The Labute approximate surface area is 159 Å². The number of halogens is 1. The van der Waals surface area contributed by atoms with Crippen molar-refractivity contribution in [1.29, 1.82) is 5.26 Å². The fourth-order valence-corrected chi connectivity index (χ4v) is 3.98. The number of thioether (sulfide) groups is 1. The largest absolute Gasteiger partial charge is 0.330 e. The number of aromatic nitrogens is 3. The summed E-state index contributed by atoms with van der Waals surface area (Å²) in [6, 6.07) is 8.28. The van der Waals surface area contributed by atoms with Gasteiger partial charge >= 0.3 is 0 Å². The first-order chi connectivity index (χ1) is 13.1. The second kappa shape index (κ2) is 7.02. The van der Waals surface area contributed by atoms with E-state index < -0.39 is 0 Å². The van der Waals surface area contributed by atoms with Gasteiger partial charge in [-0.25, -0.2) is 9.82 Å². The minimum absolute atomic E-state index is 0.208. The van der Waals surface area contributed by atoms with Crippen molar-refractivity contribution in [3.05, 3.63) is 41.9 Å². The highest BCUT2D eigenvalue weighted by Gasteiger charge is 2.39. The standard InChI is InChI=1S/C17H16FN7OS/c1-24-16(10-2-4-12(18)5-3-10)22-23-17(24)27-9-13-6-14(26)21-15-11(7-19)8-20-25(13)15/h2-6,11,15,20H,8-9H2,1H3,(H,21,26). The minimum Gasteiger partial charge on any atom is -0.330 e. The van der Waals surface area contributed by atoms with Crippen molar-refractivity contribution in [1.82, 2.24) is 30.5 Å². The summed E-state index contributed by atoms with van der Waals surface area (Å²) in [5.74, 6) is 0.309. The van der Waals surface area contributed by atoms with Crippen LogP contribution in [0.5, 0.6) is 0 Å². The Balaban J connectivity index is 1.50. The molecule has 2 aliphatic rings. The van der Waals surface area contributed by atoms with Gasteiger partial charge in [-0.05, 0) is 24.3 Å². The fraction of sp³-hybridized carbons (Fsp3) is 0.294. The molecule has 0 saturated carbocycles. The molecule has 2 aliphatic heterocycles. The molecular weight excluding hydrogens is 369 g/mol. The number of fused-ring (bicyclic) bond motifs is 1. The number of carbonyl (C=O) groups is 1. The SMILES string of the molecule is Cn1c(SCC2=CC(=O)NC3C(C#N)CNN23)nnc1-c1ccc(F)cc1. The number of hydrogen-bond acceptors (Lipinski definition) is 7. The van der Waals surface area contributed by atoms with Crippen molar-refractivity contribution in [3.8, 4) is 17.5 Å². The summed E-state index contributed by atoms with van der Waals surface area (Å²) in [7, 11) is 1.84. The van der Waals surface area contributed by atoms with Crippen LogP contribution >= 0.6 is 11.8 Å². The summed E-state index contributed by atoms with van der Waals surface area (Å²) < 4.78 is 14.9. The zero-order valence-corrected chi connectivity index (χ0v) is 15.2. The molecule has 138 valence electrons. The molecule has 2 aromatic rings. The van der Waals surface area contributed by atoms with Gasteiger partial charge in [0.05, 0.1) is 6.07 Å². The highest BCUT2D eigenvalue weighted by Crippen LogP contribution is 2.28. The van der Waals surface area contributed by atoms with Gasteiger partial charge in [-0.3, -0.25) is 9.80 Å². The van der Waals surface area contributed by atoms with E-state index in [9.17, 15) is 14.4 Å². The Morgan fingerprint density at radius 2 is 2.15 bits per heavy atom. The fourth-order valence-electron chi connectivity index (χ4n) is 3.10. The van der Waals surface area contributed by atoms with E-state index in [4.69, 9.17) is 0 Å². The molecule has 2 unspecified atom stereocenters. The number of amides is 1. The Hall–Kier alpha value is -2.90. The molecule has 1 aromatic carbocycles. The zero-order chi connectivity index (χ0) is 19.0. The topological polar surface area (TPSA) is 98.9 Å². The van der Waals surface area contributed by atoms with Gasteiger partial charge in [0.1, 0.15) is 17.9 Å². The summed E-state index contributed by atoms with van der Waals surface area (Å²) >= 11 is 1.43. The van der Waals surface area contributed by atoms with Gasteiger partial charge in [-0.1, -0.05) is 11.8 Å². The summed E-state index contributed by atoms with van der Waals surface area (Å²) in [4.78, 5) is 11.9. The van der Waals surface area contributed by atoms with Gasteiger partial charge in [0, 0.05) is 36.7 Å². The Morgan fingerprint density at radius 3 is 2.89 bits per heavy atom. The van der Waals surface area contributed by atoms with E-state index >= 15 is 0 Å². The quantitative estimate of drug-likeness (QED) is 0.758. The molecule has 0 radical (unpaired) electrons. The second-order valence-corrected chi connectivity index (χ2v) is 7.16. The molecular formula is C17H16FN7OS. The first-order valence-electron chi connectivity index (χ1n) is 8.28. The van der Waals surface area contributed by atoms with Gasteiger partial charge < -0.3 is 9.88 Å². The lowest BCUT2D eigenvalue weighted by Gasteiger charge is -2.32. The van der Waals surface area contributed by atoms with Crippen LogP contribution in [-0.4, -0.2) is 44.1 Å². The number of rotatable bonds is 4. The van der Waals surface area contributed by atoms with Gasteiger partial charge in [-0.15, -0.1) is 10.2 Å². The average molecular weight is 385 g/mol. The molecule has 1 amide bonds. The van der Waals surface area contributed by atoms with E-state index in [-0.39, 0.29) is 23.8 Å². The Morgan fingerprint density at radius 1 is 1.37 bits per heavy atom. The van der Waals surface area contributed by atoms with Crippen LogP contribution in [-0.2, 0) is 11.8 Å². The minimum atomic E-state index is -0.364. The van der Waals surface area contributed by atoms with Crippen LogP contribution in [0.25, 0.3) is 11.4 Å². The molecule has 2 N–H and O–H groups in total. The molecule has 27 heavy (non-hydrogen) atoms. The molecule has 4 rings (SSSR count). The van der Waals surface area contributed by atoms with Gasteiger partial charge in [-0.2, -0.15) is 5.26 Å². The smallest absolute Gasteiger partial charge is 0.247 e. The third kappa shape index (κ3) is 3.27. The van der Waals surface area contributed by atoms with E-state index in [1.807, 2.05) is 16.6 Å². The first kappa shape index (κ1) is 17.5. The van der Waals surface area contributed by atoms with Crippen LogP contribution in [0.3, 0.4) is 0 Å². The lowest BCUT2D eigenvalue weighted by Crippen LogP contribution is -2.52. The first-order valence-corrected chi connectivity index (χ1v) is 9.27. The van der Waals surface area contributed by atoms with Crippen LogP contribution in [0.15, 0.2) is 41.2 Å². The maximum Gasteiger partial charge on any atom is 0.247 e. The van der Waals surface area contributed by atoms with Crippen molar-refractivity contribution in [2.45, 2.75) is 11.3 Å². The van der Waals surface area contributed by atoms with Crippen molar-refractivity contribution >= 4 is 17.7 Å². The van der Waals surface area contributed by atoms with Crippen molar-refractivity contribution in [2.24, 2.45) is 13.0 Å². The van der Waals surface area contributed by atoms with E-state index in [1.54, 1.807) is 12.1 Å². The van der Waals surface area contributed by atoms with E-state index in [2.05, 4.69) is 27.0 Å². The van der Waals surface area contributed by atoms with Crippen LogP contribution < -0.4 is 10.7 Å². The third-order valence-corrected chi connectivity index (χ3v) is 5.54. The molecule has 10 heteroatoms. The van der Waals surface area contributed by atoms with E-state index in [1.165, 1.54) is 30.0 Å². The number of nitrogens with zero attached hydrogens (tertiary/aromatic N) is 5. The normalized spacial score (nSPS) is 21.4. The van der Waals surface area contributed by atoms with Crippen LogP contribution in [0, 0.1) is 23.1 Å². The average Bonchev–Trinajstić information content (AvgIpc) is 3.24. The lowest BCUT2D eigenvalue weighted by molar-refractivity contribution is -0.119. The predicted octanol–water partition coefficient (Wildman–Crippen LogP) is 1.01. The van der Waals surface area contributed by atoms with Crippen LogP contribution in [0.4, 0.5) is 4.39 Å². The zero-order valence-electron chi connectivity index (χ0n) is 14.4. The van der Waals surface area contributed by atoms with Crippen LogP contribution in [0.2, 0.25) is 0 Å². The maximum absolute atomic E-state index is 13.1. The Kier molecular flexibility index (Phi) is 4.55. The second-order valence-electron chi connectivity index (χ2n) is 6.22. The Bertz CT molecular complexity index is 949. The van der Waals surface area contributed by atoms with Crippen molar-refractivity contribution in [2.75, 3.05) is 12.3 Å². The molecule has 1 saturated heterocycles. The molecule has 2 atom stereocenters. The summed E-state index contributed by atoms with van der Waals surface area (Å²) in [5, 5.41) is 22.9. The molecule has 0 bridgehead atoms. The summed E-state index contributed by atoms with van der Waals surface area (Å²) in [6.45, 7) is 0.488. The lowest BCUT2D eigenvalue weighted by atomic mass is 10.1. The number of benzene rings is 1. The maximum atomic E-state index is 13.1. The summed E-state index contributed by atoms with van der Waals surface area (Å²) in [5.41, 5.74) is 4.70. The highest BCUT2D eigenvalue weighted by atomic mass is 32.2. The molecule has 1 aromatic heterocycles. The number of nitriles is 1. The van der Waals surface area contributed by atoms with Crippen molar-refractivity contribution < 1.29 is 9.18 Å². The number of hydrazine groups is 1. The molecule has 1 fully saturated rings. The molecule has 3 heterocycles. The van der Waals surface area contributed by atoms with Gasteiger partial charge in [0.25, 0.3) is 0 Å². The van der Waals surface area contributed by atoms with Gasteiger partial charge in [0.15, 0.2) is 11.0 Å². The summed E-state index contributed by atoms with van der Waals surface area (Å²) in [6.07, 6.45) is 1.16. The number of carbonyl (C=O) groups excluding carboxylic acids is 1. The monoisotopic (exact) mass is 385 g/mol. The van der Waals surface area contributed by atoms with Crippen molar-refractivity contribution in [3.63, 3.8) is 0 Å². The highest BCUT2D eigenvalue weighted by molar-refractivity contribution is 7.99. The van der Waals surface area contributed by atoms with Gasteiger partial charge in [0.2, 0.25) is 5.91 Å². The van der Waals surface area contributed by atoms with Crippen LogP contribution in [0.1, 0.15) is 0 Å². The number of nitrogens with one attached hydrogen (secondary N) is 2. The predicted molar refractivity (Wildman–Crippen MR) is 96.1 cm³/mol. The van der Waals surface area contributed by atoms with E-state index in [0.29, 0.717) is 23.3 Å². The van der Waals surface area contributed by atoms with E-state index in [0.717, 1.165) is 11.3 Å². The third-order valence-electron chi connectivity index (χ3n) is 4.49. The number of hydrogen-bond donors (Lipinski definition) is 2. The molecule has 0 aliphatic carbocycles. The molecule has 0 spiro atoms.